The summed E-state index contributed by atoms with van der Waals surface area (Å²) in [5, 5.41) is 13.4. The Bertz CT molecular complexity index is 700. The van der Waals surface area contributed by atoms with Gasteiger partial charge in [-0.15, -0.1) is 0 Å². The quantitative estimate of drug-likeness (QED) is 0.870. The van der Waals surface area contributed by atoms with Crippen LogP contribution in [-0.4, -0.2) is 19.7 Å². The fourth-order valence-electron chi connectivity index (χ4n) is 3.00. The lowest BCUT2D eigenvalue weighted by Crippen LogP contribution is -2.06. The van der Waals surface area contributed by atoms with E-state index in [1.807, 2.05) is 30.0 Å². The number of rotatable bonds is 3. The van der Waals surface area contributed by atoms with Gasteiger partial charge in [0.2, 0.25) is 0 Å². The Morgan fingerprint density at radius 1 is 1.18 bits per heavy atom. The molecule has 1 fully saturated rings. The van der Waals surface area contributed by atoms with Crippen LogP contribution in [0.25, 0.3) is 12.2 Å². The lowest BCUT2D eigenvalue weighted by Gasteiger charge is -2.20. The highest BCUT2D eigenvalue weighted by atomic mass is 15.3. The van der Waals surface area contributed by atoms with Gasteiger partial charge in [-0.05, 0) is 25.0 Å². The van der Waals surface area contributed by atoms with Crippen LogP contribution in [-0.2, 0) is 7.05 Å². The Labute approximate surface area is 130 Å². The fraction of sp³-hybridized carbons (Fsp3) is 0.412. The van der Waals surface area contributed by atoms with E-state index in [1.165, 1.54) is 44.0 Å². The van der Waals surface area contributed by atoms with E-state index >= 15 is 0 Å². The third-order valence-corrected chi connectivity index (χ3v) is 4.10. The maximum absolute atomic E-state index is 8.74. The first kappa shape index (κ1) is 14.5. The van der Waals surface area contributed by atoms with Crippen molar-refractivity contribution < 1.29 is 0 Å². The SMILES string of the molecule is Cn1cc(/C=C/c2cnc(C#N)cn2)c(C2CCCCC2)n1. The Balaban J connectivity index is 1.81. The van der Waals surface area contributed by atoms with Crippen LogP contribution in [0.15, 0.2) is 18.6 Å². The van der Waals surface area contributed by atoms with Crippen LogP contribution in [0, 0.1) is 11.3 Å². The predicted molar refractivity (Wildman–Crippen MR) is 84.7 cm³/mol. The summed E-state index contributed by atoms with van der Waals surface area (Å²) in [6, 6.07) is 1.97. The molecule has 1 aliphatic carbocycles. The average Bonchev–Trinajstić information content (AvgIpc) is 2.95. The second-order valence-electron chi connectivity index (χ2n) is 5.75. The lowest BCUT2D eigenvalue weighted by molar-refractivity contribution is 0.433. The van der Waals surface area contributed by atoms with E-state index in [9.17, 15) is 0 Å². The summed E-state index contributed by atoms with van der Waals surface area (Å²) in [6.45, 7) is 0. The van der Waals surface area contributed by atoms with Gasteiger partial charge in [-0.2, -0.15) is 10.4 Å². The van der Waals surface area contributed by atoms with Crippen molar-refractivity contribution in [3.05, 3.63) is 41.2 Å². The van der Waals surface area contributed by atoms with E-state index in [4.69, 9.17) is 5.26 Å². The summed E-state index contributed by atoms with van der Waals surface area (Å²) in [5.74, 6) is 0.571. The van der Waals surface area contributed by atoms with Gasteiger partial charge < -0.3 is 0 Å². The molecular formula is C17H19N5. The molecule has 112 valence electrons. The van der Waals surface area contributed by atoms with Crippen molar-refractivity contribution >= 4 is 12.2 Å². The van der Waals surface area contributed by atoms with Crippen molar-refractivity contribution in [3.8, 4) is 6.07 Å². The van der Waals surface area contributed by atoms with Gasteiger partial charge in [-0.3, -0.25) is 9.67 Å². The van der Waals surface area contributed by atoms with Crippen molar-refractivity contribution in [2.45, 2.75) is 38.0 Å². The van der Waals surface area contributed by atoms with Crippen molar-refractivity contribution in [1.29, 1.82) is 5.26 Å². The van der Waals surface area contributed by atoms with Gasteiger partial charge in [0.15, 0.2) is 5.69 Å². The summed E-state index contributed by atoms with van der Waals surface area (Å²) in [7, 11) is 1.96. The number of nitrogens with zero attached hydrogens (tertiary/aromatic N) is 5. The third-order valence-electron chi connectivity index (χ3n) is 4.10. The highest BCUT2D eigenvalue weighted by molar-refractivity contribution is 5.68. The van der Waals surface area contributed by atoms with E-state index in [0.717, 1.165) is 11.3 Å². The third kappa shape index (κ3) is 3.22. The molecule has 0 saturated heterocycles. The molecular weight excluding hydrogens is 274 g/mol. The average molecular weight is 293 g/mol. The van der Waals surface area contributed by atoms with Crippen molar-refractivity contribution in [2.24, 2.45) is 7.05 Å². The first-order valence-electron chi connectivity index (χ1n) is 7.70. The Morgan fingerprint density at radius 3 is 2.68 bits per heavy atom. The van der Waals surface area contributed by atoms with Gasteiger partial charge in [-0.25, -0.2) is 4.98 Å². The van der Waals surface area contributed by atoms with Gasteiger partial charge in [-0.1, -0.05) is 19.3 Å². The molecule has 5 nitrogen and oxygen atoms in total. The van der Waals surface area contributed by atoms with E-state index in [1.54, 1.807) is 6.20 Å². The second-order valence-corrected chi connectivity index (χ2v) is 5.75. The molecule has 1 aliphatic rings. The molecule has 22 heavy (non-hydrogen) atoms. The molecule has 0 bridgehead atoms. The molecule has 0 unspecified atom stereocenters. The van der Waals surface area contributed by atoms with Crippen molar-refractivity contribution in [2.75, 3.05) is 0 Å². The zero-order chi connectivity index (χ0) is 15.4. The lowest BCUT2D eigenvalue weighted by atomic mass is 9.85. The Hall–Kier alpha value is -2.48. The molecule has 2 aromatic rings. The molecule has 1 saturated carbocycles. The van der Waals surface area contributed by atoms with Gasteiger partial charge in [0, 0.05) is 24.7 Å². The van der Waals surface area contributed by atoms with E-state index < -0.39 is 0 Å². The van der Waals surface area contributed by atoms with Crippen molar-refractivity contribution in [3.63, 3.8) is 0 Å². The maximum Gasteiger partial charge on any atom is 0.158 e. The summed E-state index contributed by atoms with van der Waals surface area (Å²) < 4.78 is 1.88. The molecule has 0 spiro atoms. The molecule has 5 heteroatoms. The number of aromatic nitrogens is 4. The molecule has 0 N–H and O–H groups in total. The van der Waals surface area contributed by atoms with Gasteiger partial charge in [0.05, 0.1) is 23.8 Å². The minimum absolute atomic E-state index is 0.335. The van der Waals surface area contributed by atoms with Crippen LogP contribution < -0.4 is 0 Å². The molecule has 2 aromatic heterocycles. The van der Waals surface area contributed by atoms with Crippen LogP contribution >= 0.6 is 0 Å². The molecule has 0 atom stereocenters. The minimum atomic E-state index is 0.335. The van der Waals surface area contributed by atoms with E-state index in [0.29, 0.717) is 11.6 Å². The number of aryl methyl sites for hydroxylation is 1. The summed E-state index contributed by atoms with van der Waals surface area (Å²) in [4.78, 5) is 8.25. The molecule has 2 heterocycles. The second kappa shape index (κ2) is 6.52. The summed E-state index contributed by atoms with van der Waals surface area (Å²) in [5.41, 5.74) is 3.43. The van der Waals surface area contributed by atoms with Crippen LogP contribution in [0.3, 0.4) is 0 Å². The molecule has 0 amide bonds. The predicted octanol–water partition coefficient (Wildman–Crippen LogP) is 3.30. The highest BCUT2D eigenvalue weighted by Crippen LogP contribution is 2.33. The topological polar surface area (TPSA) is 67.4 Å². The number of hydrogen-bond acceptors (Lipinski definition) is 4. The first-order chi connectivity index (χ1) is 10.8. The molecule has 3 rings (SSSR count). The minimum Gasteiger partial charge on any atom is -0.275 e. The van der Waals surface area contributed by atoms with Crippen LogP contribution in [0.2, 0.25) is 0 Å². The number of hydrogen-bond donors (Lipinski definition) is 0. The van der Waals surface area contributed by atoms with Crippen LogP contribution in [0.1, 0.15) is 60.7 Å². The largest absolute Gasteiger partial charge is 0.275 e. The Kier molecular flexibility index (Phi) is 4.29. The van der Waals surface area contributed by atoms with Crippen molar-refractivity contribution in [1.82, 2.24) is 19.7 Å². The highest BCUT2D eigenvalue weighted by Gasteiger charge is 2.20. The van der Waals surface area contributed by atoms with Crippen LogP contribution in [0.5, 0.6) is 0 Å². The zero-order valence-corrected chi connectivity index (χ0v) is 12.7. The normalized spacial score (nSPS) is 16.0. The summed E-state index contributed by atoms with van der Waals surface area (Å²) >= 11 is 0. The monoisotopic (exact) mass is 293 g/mol. The fourth-order valence-corrected chi connectivity index (χ4v) is 3.00. The van der Waals surface area contributed by atoms with Gasteiger partial charge in [0.1, 0.15) is 6.07 Å². The zero-order valence-electron chi connectivity index (χ0n) is 12.7. The summed E-state index contributed by atoms with van der Waals surface area (Å²) in [6.07, 6.45) is 15.5. The van der Waals surface area contributed by atoms with E-state index in [-0.39, 0.29) is 0 Å². The van der Waals surface area contributed by atoms with Gasteiger partial charge in [0.25, 0.3) is 0 Å². The number of nitriles is 1. The van der Waals surface area contributed by atoms with Crippen LogP contribution in [0.4, 0.5) is 0 Å². The molecule has 0 aromatic carbocycles. The van der Waals surface area contributed by atoms with Gasteiger partial charge >= 0.3 is 0 Å². The first-order valence-corrected chi connectivity index (χ1v) is 7.70. The Morgan fingerprint density at radius 2 is 2.00 bits per heavy atom. The smallest absolute Gasteiger partial charge is 0.158 e. The molecule has 0 aliphatic heterocycles. The van der Waals surface area contributed by atoms with E-state index in [2.05, 4.69) is 21.3 Å². The molecule has 0 radical (unpaired) electrons. The standard InChI is InChI=1S/C17H19N5/c1-22-12-14(17(21-22)13-5-3-2-4-6-13)7-8-15-10-20-16(9-18)11-19-15/h7-8,10-13H,2-6H2,1H3/b8-7+. The maximum atomic E-state index is 8.74.